The van der Waals surface area contributed by atoms with Crippen molar-refractivity contribution in [2.24, 2.45) is 7.05 Å². The number of halogens is 1. The maximum Gasteiger partial charge on any atom is 0.179 e. The van der Waals surface area contributed by atoms with Crippen LogP contribution in [0.4, 0.5) is 5.82 Å². The van der Waals surface area contributed by atoms with Gasteiger partial charge in [0.15, 0.2) is 11.5 Å². The van der Waals surface area contributed by atoms with E-state index >= 15 is 0 Å². The summed E-state index contributed by atoms with van der Waals surface area (Å²) in [4.78, 5) is 0. The number of nitrogen functional groups attached to an aromatic ring is 1. The molecule has 1 aromatic carbocycles. The van der Waals surface area contributed by atoms with Gasteiger partial charge < -0.3 is 15.6 Å². The van der Waals surface area contributed by atoms with Gasteiger partial charge in [-0.05, 0) is 12.1 Å². The lowest BCUT2D eigenvalue weighted by Gasteiger charge is -2.10. The maximum atomic E-state index is 10.1. The third kappa shape index (κ3) is 1.78. The van der Waals surface area contributed by atoms with Crippen LogP contribution in [0, 0.1) is 0 Å². The molecule has 0 fully saturated rings. The van der Waals surface area contributed by atoms with Crippen LogP contribution in [0.15, 0.2) is 18.3 Å². The molecule has 0 saturated carbocycles. The summed E-state index contributed by atoms with van der Waals surface area (Å²) < 4.78 is 6.56. The van der Waals surface area contributed by atoms with Crippen molar-refractivity contribution in [3.8, 4) is 22.6 Å². The van der Waals surface area contributed by atoms with Gasteiger partial charge in [-0.25, -0.2) is 0 Å². The Morgan fingerprint density at radius 2 is 2.12 bits per heavy atom. The summed E-state index contributed by atoms with van der Waals surface area (Å²) in [7, 11) is 3.17. The smallest absolute Gasteiger partial charge is 0.179 e. The fraction of sp³-hybridized carbons (Fsp3) is 0.182. The minimum absolute atomic E-state index is 0.0419. The van der Waals surface area contributed by atoms with Crippen LogP contribution in [0.3, 0.4) is 0 Å². The molecule has 0 aliphatic heterocycles. The first-order chi connectivity index (χ1) is 8.06. The van der Waals surface area contributed by atoms with E-state index in [2.05, 4.69) is 5.10 Å². The first-order valence-corrected chi connectivity index (χ1v) is 5.27. The highest BCUT2D eigenvalue weighted by Gasteiger charge is 2.17. The number of rotatable bonds is 2. The van der Waals surface area contributed by atoms with Gasteiger partial charge in [0.1, 0.15) is 5.82 Å². The molecule has 0 radical (unpaired) electrons. The summed E-state index contributed by atoms with van der Waals surface area (Å²) in [5, 5.41) is 14.4. The van der Waals surface area contributed by atoms with Gasteiger partial charge >= 0.3 is 0 Å². The number of aryl methyl sites for hydroxylation is 1. The molecule has 0 atom stereocenters. The Kier molecular flexibility index (Phi) is 2.85. The summed E-state index contributed by atoms with van der Waals surface area (Å²) in [5.41, 5.74) is 7.03. The predicted octanol–water partition coefficient (Wildman–Crippen LogP) is 2.04. The molecule has 0 amide bonds. The minimum Gasteiger partial charge on any atom is -0.504 e. The predicted molar refractivity (Wildman–Crippen MR) is 66.3 cm³/mol. The van der Waals surface area contributed by atoms with Gasteiger partial charge in [-0.15, -0.1) is 0 Å². The van der Waals surface area contributed by atoms with Crippen molar-refractivity contribution >= 4 is 17.4 Å². The van der Waals surface area contributed by atoms with Gasteiger partial charge in [-0.2, -0.15) is 5.10 Å². The van der Waals surface area contributed by atoms with Crippen LogP contribution in [-0.4, -0.2) is 22.0 Å². The van der Waals surface area contributed by atoms with Crippen LogP contribution in [0.1, 0.15) is 0 Å². The molecule has 0 aliphatic carbocycles. The Morgan fingerprint density at radius 3 is 2.65 bits per heavy atom. The van der Waals surface area contributed by atoms with Gasteiger partial charge in [0.05, 0.1) is 18.3 Å². The van der Waals surface area contributed by atoms with Crippen molar-refractivity contribution in [3.63, 3.8) is 0 Å². The third-order valence-corrected chi connectivity index (χ3v) is 2.86. The molecule has 90 valence electrons. The molecule has 17 heavy (non-hydrogen) atoms. The summed E-state index contributed by atoms with van der Waals surface area (Å²) in [6.45, 7) is 0. The molecule has 0 unspecified atom stereocenters. The topological polar surface area (TPSA) is 73.3 Å². The van der Waals surface area contributed by atoms with Crippen molar-refractivity contribution in [2.75, 3.05) is 12.8 Å². The van der Waals surface area contributed by atoms with Crippen LogP contribution < -0.4 is 10.5 Å². The minimum atomic E-state index is -0.0419. The number of nitrogens with two attached hydrogens (primary N) is 1. The summed E-state index contributed by atoms with van der Waals surface area (Å²) in [5.74, 6) is 0.650. The standard InChI is InChI=1S/C11H12ClN3O2/c1-15-11(13)7(5-14-15)6-3-4-8(12)10(17-2)9(6)16/h3-5,16H,13H2,1-2H3. The summed E-state index contributed by atoms with van der Waals surface area (Å²) in [6.07, 6.45) is 1.58. The second-order valence-corrected chi connectivity index (χ2v) is 3.95. The van der Waals surface area contributed by atoms with Crippen LogP contribution in [0.2, 0.25) is 5.02 Å². The number of nitrogens with zero attached hydrogens (tertiary/aromatic N) is 2. The van der Waals surface area contributed by atoms with Crippen molar-refractivity contribution in [3.05, 3.63) is 23.4 Å². The molecule has 1 heterocycles. The SMILES string of the molecule is COc1c(Cl)ccc(-c2cnn(C)c2N)c1O. The highest BCUT2D eigenvalue weighted by Crippen LogP contribution is 2.43. The number of hydrogen-bond acceptors (Lipinski definition) is 4. The lowest BCUT2D eigenvalue weighted by atomic mass is 10.1. The van der Waals surface area contributed by atoms with Gasteiger partial charge in [0.2, 0.25) is 0 Å². The average molecular weight is 254 g/mol. The molecular weight excluding hydrogens is 242 g/mol. The lowest BCUT2D eigenvalue weighted by molar-refractivity contribution is 0.374. The van der Waals surface area contributed by atoms with Crippen molar-refractivity contribution in [1.29, 1.82) is 0 Å². The Morgan fingerprint density at radius 1 is 1.41 bits per heavy atom. The number of hydrogen-bond donors (Lipinski definition) is 2. The Balaban J connectivity index is 2.65. The zero-order valence-corrected chi connectivity index (χ0v) is 10.2. The van der Waals surface area contributed by atoms with E-state index in [-0.39, 0.29) is 11.5 Å². The Bertz CT molecular complexity index is 566. The maximum absolute atomic E-state index is 10.1. The molecule has 1 aromatic heterocycles. The number of aromatic hydroxyl groups is 1. The number of aromatic nitrogens is 2. The van der Waals surface area contributed by atoms with Crippen molar-refractivity contribution in [1.82, 2.24) is 9.78 Å². The zero-order valence-electron chi connectivity index (χ0n) is 9.44. The largest absolute Gasteiger partial charge is 0.504 e. The first-order valence-electron chi connectivity index (χ1n) is 4.89. The van der Waals surface area contributed by atoms with E-state index in [1.54, 1.807) is 25.4 Å². The molecule has 6 heteroatoms. The molecule has 2 rings (SSSR count). The fourth-order valence-electron chi connectivity index (χ4n) is 1.61. The zero-order chi connectivity index (χ0) is 12.6. The van der Waals surface area contributed by atoms with Crippen LogP contribution in [-0.2, 0) is 7.05 Å². The van der Waals surface area contributed by atoms with Gasteiger partial charge in [0.25, 0.3) is 0 Å². The lowest BCUT2D eigenvalue weighted by Crippen LogP contribution is -1.98. The fourth-order valence-corrected chi connectivity index (χ4v) is 1.84. The number of methoxy groups -OCH3 is 1. The normalized spacial score (nSPS) is 10.5. The molecule has 2 aromatic rings. The molecule has 0 bridgehead atoms. The van der Waals surface area contributed by atoms with E-state index in [0.717, 1.165) is 0 Å². The van der Waals surface area contributed by atoms with Crippen LogP contribution >= 0.6 is 11.6 Å². The number of ether oxygens (including phenoxy) is 1. The molecule has 0 aliphatic rings. The van der Waals surface area contributed by atoms with Gasteiger partial charge in [-0.3, -0.25) is 4.68 Å². The summed E-state index contributed by atoms with van der Waals surface area (Å²) in [6, 6.07) is 3.31. The van der Waals surface area contributed by atoms with E-state index < -0.39 is 0 Å². The first kappa shape index (κ1) is 11.6. The number of phenols is 1. The highest BCUT2D eigenvalue weighted by atomic mass is 35.5. The number of anilines is 1. The average Bonchev–Trinajstić information content (AvgIpc) is 2.61. The van der Waals surface area contributed by atoms with E-state index in [1.165, 1.54) is 11.8 Å². The molecule has 0 saturated heterocycles. The molecule has 5 nitrogen and oxygen atoms in total. The van der Waals surface area contributed by atoms with E-state index in [9.17, 15) is 5.11 Å². The second kappa shape index (κ2) is 4.18. The highest BCUT2D eigenvalue weighted by molar-refractivity contribution is 6.32. The third-order valence-electron chi connectivity index (χ3n) is 2.56. The Hall–Kier alpha value is -1.88. The van der Waals surface area contributed by atoms with Crippen molar-refractivity contribution in [2.45, 2.75) is 0 Å². The van der Waals surface area contributed by atoms with E-state index in [0.29, 0.717) is 22.0 Å². The Labute approximate surface area is 103 Å². The van der Waals surface area contributed by atoms with Crippen molar-refractivity contribution < 1.29 is 9.84 Å². The van der Waals surface area contributed by atoms with Crippen LogP contribution in [0.5, 0.6) is 11.5 Å². The summed E-state index contributed by atoms with van der Waals surface area (Å²) >= 11 is 5.90. The monoisotopic (exact) mass is 253 g/mol. The quantitative estimate of drug-likeness (QED) is 0.859. The van der Waals surface area contributed by atoms with Gasteiger partial charge in [-0.1, -0.05) is 11.6 Å². The van der Waals surface area contributed by atoms with E-state index in [4.69, 9.17) is 22.1 Å². The van der Waals surface area contributed by atoms with Crippen LogP contribution in [0.25, 0.3) is 11.1 Å². The van der Waals surface area contributed by atoms with Gasteiger partial charge in [0, 0.05) is 18.2 Å². The number of benzene rings is 1. The van der Waals surface area contributed by atoms with E-state index in [1.807, 2.05) is 0 Å². The molecule has 0 spiro atoms. The number of phenolic OH excluding ortho intramolecular Hbond substituents is 1. The molecular formula is C11H12ClN3O2. The molecule has 3 N–H and O–H groups in total. The second-order valence-electron chi connectivity index (χ2n) is 3.54.